The van der Waals surface area contributed by atoms with Crippen molar-refractivity contribution in [3.63, 3.8) is 0 Å². The van der Waals surface area contributed by atoms with E-state index in [2.05, 4.69) is 26.1 Å². The summed E-state index contributed by atoms with van der Waals surface area (Å²) in [5.74, 6) is 0.430. The minimum Gasteiger partial charge on any atom is -0.407 e. The van der Waals surface area contributed by atoms with Crippen LogP contribution in [0.15, 0.2) is 27.1 Å². The molecule has 1 aromatic heterocycles. The van der Waals surface area contributed by atoms with Crippen LogP contribution in [0.3, 0.4) is 0 Å². The zero-order valence-corrected chi connectivity index (χ0v) is 9.63. The number of benzene rings is 1. The second-order valence-electron chi connectivity index (χ2n) is 2.88. The fraction of sp³-hybridized carbons (Fsp3) is 0.111. The average Bonchev–Trinajstić information content (AvgIpc) is 2.50. The quantitative estimate of drug-likeness (QED) is 0.798. The van der Waals surface area contributed by atoms with Gasteiger partial charge in [0.25, 0.3) is 0 Å². The highest BCUT2D eigenvalue weighted by atomic mass is 79.9. The van der Waals surface area contributed by atoms with Crippen LogP contribution < -0.4 is 0 Å². The van der Waals surface area contributed by atoms with Crippen molar-refractivity contribution in [1.29, 1.82) is 0 Å². The molecule has 0 N–H and O–H groups in total. The van der Waals surface area contributed by atoms with Crippen LogP contribution in [0.5, 0.6) is 0 Å². The fourth-order valence-electron chi connectivity index (χ4n) is 1.18. The third-order valence-corrected chi connectivity index (χ3v) is 2.30. The maximum atomic E-state index is 5.54. The lowest BCUT2D eigenvalue weighted by atomic mass is 10.1. The molecule has 0 bridgehead atoms. The first-order valence-electron chi connectivity index (χ1n) is 3.92. The van der Waals surface area contributed by atoms with Crippen LogP contribution in [-0.4, -0.2) is 10.2 Å². The molecule has 0 saturated carbocycles. The van der Waals surface area contributed by atoms with Crippen LogP contribution in [-0.2, 0) is 0 Å². The number of aromatic nitrogens is 2. The predicted octanol–water partition coefficient (Wildman–Crippen LogP) is 3.46. The van der Waals surface area contributed by atoms with E-state index in [0.717, 1.165) is 15.6 Å². The monoisotopic (exact) mass is 272 g/mol. The summed E-state index contributed by atoms with van der Waals surface area (Å²) < 4.78 is 6.08. The van der Waals surface area contributed by atoms with Gasteiger partial charge in [-0.2, -0.15) is 0 Å². The van der Waals surface area contributed by atoms with Gasteiger partial charge in [0.15, 0.2) is 0 Å². The van der Waals surface area contributed by atoms with Crippen molar-refractivity contribution in [3.8, 4) is 11.5 Å². The first-order chi connectivity index (χ1) is 6.65. The van der Waals surface area contributed by atoms with Crippen molar-refractivity contribution in [1.82, 2.24) is 10.2 Å². The molecule has 0 amide bonds. The standard InChI is InChI=1S/C9H6BrClN2O/c1-5-2-6(4-7(10)3-5)8-12-13-9(11)14-8/h2-4H,1H3. The normalized spacial score (nSPS) is 10.5. The van der Waals surface area contributed by atoms with E-state index < -0.39 is 0 Å². The van der Waals surface area contributed by atoms with Gasteiger partial charge in [0.1, 0.15) is 0 Å². The average molecular weight is 274 g/mol. The Hall–Kier alpha value is -0.870. The minimum atomic E-state index is 0.0534. The maximum Gasteiger partial charge on any atom is 0.313 e. The number of hydrogen-bond donors (Lipinski definition) is 0. The Morgan fingerprint density at radius 3 is 2.64 bits per heavy atom. The smallest absolute Gasteiger partial charge is 0.313 e. The number of halogens is 2. The van der Waals surface area contributed by atoms with Crippen LogP contribution in [0.2, 0.25) is 5.35 Å². The van der Waals surface area contributed by atoms with Crippen LogP contribution in [0.25, 0.3) is 11.5 Å². The first-order valence-corrected chi connectivity index (χ1v) is 5.09. The topological polar surface area (TPSA) is 38.9 Å². The van der Waals surface area contributed by atoms with Crippen LogP contribution in [0, 0.1) is 6.92 Å². The van der Waals surface area contributed by atoms with Gasteiger partial charge in [-0.25, -0.2) is 0 Å². The first kappa shape index (κ1) is 9.68. The van der Waals surface area contributed by atoms with Gasteiger partial charge in [0.2, 0.25) is 5.89 Å². The molecule has 2 rings (SSSR count). The molecule has 1 heterocycles. The summed E-state index contributed by atoms with van der Waals surface area (Å²) in [6.45, 7) is 1.99. The van der Waals surface area contributed by atoms with E-state index >= 15 is 0 Å². The van der Waals surface area contributed by atoms with Crippen LogP contribution >= 0.6 is 27.5 Å². The third-order valence-electron chi connectivity index (χ3n) is 1.69. The van der Waals surface area contributed by atoms with Crippen molar-refractivity contribution >= 4 is 27.5 Å². The largest absolute Gasteiger partial charge is 0.407 e. The third kappa shape index (κ3) is 1.96. The van der Waals surface area contributed by atoms with E-state index in [1.54, 1.807) is 0 Å². The summed E-state index contributed by atoms with van der Waals surface area (Å²) in [6, 6.07) is 5.85. The summed E-state index contributed by atoms with van der Waals surface area (Å²) in [4.78, 5) is 0. The molecular formula is C9H6BrClN2O. The molecule has 0 saturated heterocycles. The number of rotatable bonds is 1. The van der Waals surface area contributed by atoms with Gasteiger partial charge < -0.3 is 4.42 Å². The number of aryl methyl sites for hydroxylation is 1. The molecule has 3 nitrogen and oxygen atoms in total. The van der Waals surface area contributed by atoms with E-state index in [0.29, 0.717) is 5.89 Å². The Labute approximate surface area is 94.2 Å². The Morgan fingerprint density at radius 2 is 2.07 bits per heavy atom. The predicted molar refractivity (Wildman–Crippen MR) is 57.2 cm³/mol. The van der Waals surface area contributed by atoms with Gasteiger partial charge >= 0.3 is 5.35 Å². The van der Waals surface area contributed by atoms with Crippen molar-refractivity contribution < 1.29 is 4.42 Å². The molecule has 14 heavy (non-hydrogen) atoms. The number of hydrogen-bond acceptors (Lipinski definition) is 3. The highest BCUT2D eigenvalue weighted by Gasteiger charge is 2.07. The van der Waals surface area contributed by atoms with Crippen molar-refractivity contribution in [3.05, 3.63) is 33.6 Å². The van der Waals surface area contributed by atoms with E-state index in [4.69, 9.17) is 16.0 Å². The Balaban J connectivity index is 2.51. The zero-order chi connectivity index (χ0) is 10.1. The molecular weight excluding hydrogens is 267 g/mol. The summed E-state index contributed by atoms with van der Waals surface area (Å²) in [5.41, 5.74) is 1.97. The highest BCUT2D eigenvalue weighted by Crippen LogP contribution is 2.24. The summed E-state index contributed by atoms with van der Waals surface area (Å²) in [7, 11) is 0. The molecule has 0 aliphatic rings. The Kier molecular flexibility index (Phi) is 2.56. The molecule has 0 aliphatic heterocycles. The van der Waals surface area contributed by atoms with Crippen LogP contribution in [0.1, 0.15) is 5.56 Å². The van der Waals surface area contributed by atoms with Gasteiger partial charge in [0, 0.05) is 10.0 Å². The lowest BCUT2D eigenvalue weighted by Crippen LogP contribution is -1.80. The molecule has 1 aromatic carbocycles. The second-order valence-corrected chi connectivity index (χ2v) is 4.12. The highest BCUT2D eigenvalue weighted by molar-refractivity contribution is 9.10. The lowest BCUT2D eigenvalue weighted by molar-refractivity contribution is 0.571. The van der Waals surface area contributed by atoms with Gasteiger partial charge in [-0.1, -0.05) is 21.0 Å². The molecule has 0 aliphatic carbocycles. The molecule has 5 heteroatoms. The second kappa shape index (κ2) is 3.71. The SMILES string of the molecule is Cc1cc(Br)cc(-c2nnc(Cl)o2)c1. The number of nitrogens with zero attached hydrogens (tertiary/aromatic N) is 2. The summed E-state index contributed by atoms with van der Waals surface area (Å²) >= 11 is 8.93. The van der Waals surface area contributed by atoms with Crippen molar-refractivity contribution in [2.75, 3.05) is 0 Å². The van der Waals surface area contributed by atoms with E-state index in [1.807, 2.05) is 25.1 Å². The van der Waals surface area contributed by atoms with Crippen molar-refractivity contribution in [2.45, 2.75) is 6.92 Å². The van der Waals surface area contributed by atoms with Gasteiger partial charge in [0.05, 0.1) is 0 Å². The molecule has 2 aromatic rings. The van der Waals surface area contributed by atoms with Gasteiger partial charge in [-0.3, -0.25) is 0 Å². The summed E-state index contributed by atoms with van der Waals surface area (Å²) in [6.07, 6.45) is 0. The Bertz CT molecular complexity index is 449. The maximum absolute atomic E-state index is 5.54. The van der Waals surface area contributed by atoms with Crippen molar-refractivity contribution in [2.24, 2.45) is 0 Å². The molecule has 0 spiro atoms. The van der Waals surface area contributed by atoms with E-state index in [1.165, 1.54) is 0 Å². The lowest BCUT2D eigenvalue weighted by Gasteiger charge is -1.98. The van der Waals surface area contributed by atoms with Gasteiger partial charge in [-0.05, 0) is 42.3 Å². The Morgan fingerprint density at radius 1 is 1.29 bits per heavy atom. The molecule has 72 valence electrons. The zero-order valence-electron chi connectivity index (χ0n) is 7.29. The van der Waals surface area contributed by atoms with E-state index in [-0.39, 0.29) is 5.35 Å². The van der Waals surface area contributed by atoms with E-state index in [9.17, 15) is 0 Å². The van der Waals surface area contributed by atoms with Gasteiger partial charge in [-0.15, -0.1) is 5.10 Å². The molecule has 0 unspecified atom stereocenters. The molecule has 0 radical (unpaired) electrons. The molecule has 0 atom stereocenters. The fourth-order valence-corrected chi connectivity index (χ4v) is 1.90. The van der Waals surface area contributed by atoms with Crippen LogP contribution in [0.4, 0.5) is 0 Å². The molecule has 0 fully saturated rings. The summed E-state index contributed by atoms with van der Waals surface area (Å²) in [5, 5.41) is 7.44. The minimum absolute atomic E-state index is 0.0534.